The molecule has 0 fully saturated rings. The second-order valence-electron chi connectivity index (χ2n) is 4.62. The molecule has 1 N–H and O–H groups in total. The number of nitro benzene ring substituents is 1. The number of nitrogens with zero attached hydrogens (tertiary/aromatic N) is 3. The average molecular weight is 317 g/mol. The number of aromatic nitrogens is 2. The number of non-ortho nitro benzene ring substituents is 1. The molecule has 0 unspecified atom stereocenters. The summed E-state index contributed by atoms with van der Waals surface area (Å²) < 4.78 is 1.77. The van der Waals surface area contributed by atoms with E-state index in [-0.39, 0.29) is 5.69 Å². The Balaban J connectivity index is 2.07. The van der Waals surface area contributed by atoms with E-state index in [9.17, 15) is 20.0 Å². The lowest BCUT2D eigenvalue weighted by Gasteiger charge is -1.98. The Hall–Kier alpha value is -2.74. The quantitative estimate of drug-likeness (QED) is 0.588. The molecule has 1 aromatic carbocycles. The minimum absolute atomic E-state index is 0.0205. The molecule has 8 heteroatoms. The third-order valence-electron chi connectivity index (χ3n) is 3.32. The molecule has 3 aromatic rings. The molecular formula is C14H11N3O4S. The molecule has 0 saturated carbocycles. The molecule has 22 heavy (non-hydrogen) atoms. The summed E-state index contributed by atoms with van der Waals surface area (Å²) in [5.74, 6) is -0.954. The Bertz CT molecular complexity index is 880. The summed E-state index contributed by atoms with van der Waals surface area (Å²) in [5.41, 5.74) is 2.13. The molecule has 0 aliphatic heterocycles. The van der Waals surface area contributed by atoms with Gasteiger partial charge in [-0.25, -0.2) is 9.78 Å². The third-order valence-corrected chi connectivity index (χ3v) is 4.41. The summed E-state index contributed by atoms with van der Waals surface area (Å²) in [6.07, 6.45) is 2.34. The maximum Gasteiger partial charge on any atom is 0.347 e. The fourth-order valence-electron chi connectivity index (χ4n) is 2.28. The van der Waals surface area contributed by atoms with E-state index in [1.807, 2.05) is 6.92 Å². The van der Waals surface area contributed by atoms with E-state index in [1.165, 1.54) is 12.1 Å². The Kier molecular flexibility index (Phi) is 3.38. The molecular weight excluding hydrogens is 306 g/mol. The summed E-state index contributed by atoms with van der Waals surface area (Å²) in [6.45, 7) is 1.89. The molecule has 2 heterocycles. The molecule has 0 radical (unpaired) electrons. The minimum atomic E-state index is -0.954. The molecule has 3 rings (SSSR count). The summed E-state index contributed by atoms with van der Waals surface area (Å²) in [4.78, 5) is 26.7. The van der Waals surface area contributed by atoms with Crippen molar-refractivity contribution in [3.8, 4) is 11.3 Å². The smallest absolute Gasteiger partial charge is 0.347 e. The van der Waals surface area contributed by atoms with Crippen molar-refractivity contribution in [2.45, 2.75) is 13.3 Å². The molecule has 2 aromatic heterocycles. The van der Waals surface area contributed by atoms with Crippen molar-refractivity contribution in [2.24, 2.45) is 0 Å². The van der Waals surface area contributed by atoms with Crippen LogP contribution >= 0.6 is 11.3 Å². The first-order valence-corrected chi connectivity index (χ1v) is 7.31. The molecule has 0 aliphatic carbocycles. The number of fused-ring (bicyclic) bond motifs is 1. The lowest BCUT2D eigenvalue weighted by Crippen LogP contribution is -1.99. The van der Waals surface area contributed by atoms with Crippen molar-refractivity contribution in [3.63, 3.8) is 0 Å². The van der Waals surface area contributed by atoms with E-state index >= 15 is 0 Å². The zero-order valence-corrected chi connectivity index (χ0v) is 12.3. The molecule has 112 valence electrons. The number of carbonyl (C=O) groups is 1. The standard InChI is InChI=1S/C14H11N3O4S/c1-2-11-12(13(18)19)22-14-15-10(7-16(11)14)8-3-5-9(6-4-8)17(20)21/h3-7H,2H2,1H3,(H,18,19). The highest BCUT2D eigenvalue weighted by Gasteiger charge is 2.19. The Morgan fingerprint density at radius 2 is 2.09 bits per heavy atom. The van der Waals surface area contributed by atoms with Crippen LogP contribution in [0.3, 0.4) is 0 Å². The van der Waals surface area contributed by atoms with Crippen LogP contribution in [-0.2, 0) is 6.42 Å². The summed E-state index contributed by atoms with van der Waals surface area (Å²) in [5, 5.41) is 19.9. The number of aryl methyl sites for hydroxylation is 1. The molecule has 0 amide bonds. The van der Waals surface area contributed by atoms with Crippen molar-refractivity contribution < 1.29 is 14.8 Å². The van der Waals surface area contributed by atoms with Crippen LogP contribution in [0.1, 0.15) is 22.3 Å². The van der Waals surface area contributed by atoms with Gasteiger partial charge in [-0.1, -0.05) is 18.3 Å². The SMILES string of the molecule is CCc1c(C(=O)O)sc2nc(-c3ccc([N+](=O)[O-])cc3)cn12. The number of imidazole rings is 1. The molecule has 0 spiro atoms. The average Bonchev–Trinajstić information content (AvgIpc) is 3.04. The number of hydrogen-bond donors (Lipinski definition) is 1. The fourth-order valence-corrected chi connectivity index (χ4v) is 3.31. The van der Waals surface area contributed by atoms with Crippen molar-refractivity contribution in [1.29, 1.82) is 0 Å². The zero-order valence-electron chi connectivity index (χ0n) is 11.5. The summed E-state index contributed by atoms with van der Waals surface area (Å²) >= 11 is 1.12. The number of hydrogen-bond acceptors (Lipinski definition) is 5. The van der Waals surface area contributed by atoms with E-state index in [0.29, 0.717) is 27.6 Å². The largest absolute Gasteiger partial charge is 0.477 e. The van der Waals surface area contributed by atoms with E-state index < -0.39 is 10.9 Å². The van der Waals surface area contributed by atoms with Crippen LogP contribution in [0.15, 0.2) is 30.5 Å². The highest BCUT2D eigenvalue weighted by molar-refractivity contribution is 7.19. The second-order valence-corrected chi connectivity index (χ2v) is 5.60. The Morgan fingerprint density at radius 1 is 1.41 bits per heavy atom. The van der Waals surface area contributed by atoms with Gasteiger partial charge in [0.05, 0.1) is 10.6 Å². The monoisotopic (exact) mass is 317 g/mol. The third kappa shape index (κ3) is 2.23. The number of carboxylic acid groups (broad SMARTS) is 1. The van der Waals surface area contributed by atoms with E-state index in [4.69, 9.17) is 0 Å². The van der Waals surface area contributed by atoms with Gasteiger partial charge in [-0.05, 0) is 18.6 Å². The normalized spacial score (nSPS) is 11.0. The van der Waals surface area contributed by atoms with Gasteiger partial charge in [-0.3, -0.25) is 14.5 Å². The van der Waals surface area contributed by atoms with Gasteiger partial charge in [0.15, 0.2) is 4.96 Å². The van der Waals surface area contributed by atoms with Gasteiger partial charge < -0.3 is 5.11 Å². The first-order chi connectivity index (χ1) is 10.5. The zero-order chi connectivity index (χ0) is 15.9. The van der Waals surface area contributed by atoms with Gasteiger partial charge in [-0.2, -0.15) is 0 Å². The predicted octanol–water partition coefficient (Wildman–Crippen LogP) is 3.23. The molecule has 0 bridgehead atoms. The molecule has 0 saturated heterocycles. The lowest BCUT2D eigenvalue weighted by atomic mass is 10.1. The van der Waals surface area contributed by atoms with E-state index in [1.54, 1.807) is 22.7 Å². The first-order valence-electron chi connectivity index (χ1n) is 6.50. The van der Waals surface area contributed by atoms with Gasteiger partial charge in [-0.15, -0.1) is 0 Å². The van der Waals surface area contributed by atoms with Crippen LogP contribution < -0.4 is 0 Å². The van der Waals surface area contributed by atoms with Crippen molar-refractivity contribution in [3.05, 3.63) is 51.1 Å². The molecule has 0 aliphatic rings. The number of nitro groups is 1. The van der Waals surface area contributed by atoms with Crippen LogP contribution in [0.25, 0.3) is 16.2 Å². The number of carboxylic acids is 1. The maximum atomic E-state index is 11.2. The minimum Gasteiger partial charge on any atom is -0.477 e. The van der Waals surface area contributed by atoms with Gasteiger partial charge >= 0.3 is 5.97 Å². The van der Waals surface area contributed by atoms with Crippen molar-refractivity contribution in [1.82, 2.24) is 9.38 Å². The van der Waals surface area contributed by atoms with E-state index in [0.717, 1.165) is 16.9 Å². The number of thiazole rings is 1. The van der Waals surface area contributed by atoms with Crippen molar-refractivity contribution >= 4 is 28.0 Å². The summed E-state index contributed by atoms with van der Waals surface area (Å²) in [6, 6.07) is 6.11. The number of rotatable bonds is 4. The highest BCUT2D eigenvalue weighted by atomic mass is 32.1. The topological polar surface area (TPSA) is 97.7 Å². The Labute approximate surface area is 128 Å². The second kappa shape index (κ2) is 5.23. The lowest BCUT2D eigenvalue weighted by molar-refractivity contribution is -0.384. The van der Waals surface area contributed by atoms with Gasteiger partial charge in [0.2, 0.25) is 0 Å². The van der Waals surface area contributed by atoms with Crippen molar-refractivity contribution in [2.75, 3.05) is 0 Å². The van der Waals surface area contributed by atoms with Crippen LogP contribution in [0.2, 0.25) is 0 Å². The van der Waals surface area contributed by atoms with Gasteiger partial charge in [0, 0.05) is 29.6 Å². The number of benzene rings is 1. The van der Waals surface area contributed by atoms with Gasteiger partial charge in [0.25, 0.3) is 5.69 Å². The van der Waals surface area contributed by atoms with Crippen LogP contribution in [0.4, 0.5) is 5.69 Å². The van der Waals surface area contributed by atoms with E-state index in [2.05, 4.69) is 4.98 Å². The van der Waals surface area contributed by atoms with Crippen LogP contribution in [0, 0.1) is 10.1 Å². The maximum absolute atomic E-state index is 11.2. The predicted molar refractivity (Wildman–Crippen MR) is 81.5 cm³/mol. The fraction of sp³-hybridized carbons (Fsp3) is 0.143. The van der Waals surface area contributed by atoms with Crippen LogP contribution in [0.5, 0.6) is 0 Å². The Morgan fingerprint density at radius 3 is 2.64 bits per heavy atom. The first kappa shape index (κ1) is 14.2. The molecule has 7 nitrogen and oxygen atoms in total. The number of aromatic carboxylic acids is 1. The highest BCUT2D eigenvalue weighted by Crippen LogP contribution is 2.28. The summed E-state index contributed by atoms with van der Waals surface area (Å²) in [7, 11) is 0. The van der Waals surface area contributed by atoms with Crippen LogP contribution in [-0.4, -0.2) is 25.4 Å². The van der Waals surface area contributed by atoms with Gasteiger partial charge in [0.1, 0.15) is 4.88 Å². The molecule has 0 atom stereocenters.